The smallest absolute Gasteiger partial charge is 0.0917 e. The Bertz CT molecular complexity index is 474. The van der Waals surface area contributed by atoms with Gasteiger partial charge in [-0.25, -0.2) is 0 Å². The van der Waals surface area contributed by atoms with Crippen LogP contribution in [0.15, 0.2) is 72.4 Å². The maximum absolute atomic E-state index is 2.49. The summed E-state index contributed by atoms with van der Waals surface area (Å²) in [4.78, 5) is 0. The first kappa shape index (κ1) is 13.8. The molecule has 0 bridgehead atoms. The Labute approximate surface area is 117 Å². The normalized spacial score (nSPS) is 11.9. The molecule has 0 amide bonds. The van der Waals surface area contributed by atoms with Crippen molar-refractivity contribution in [1.29, 1.82) is 0 Å². The number of benzene rings is 2. The molecule has 1 heteroatoms. The second-order valence-corrected chi connectivity index (χ2v) is 9.02. The molecule has 0 unspecified atom stereocenters. The highest BCUT2D eigenvalue weighted by Gasteiger charge is 2.28. The van der Waals surface area contributed by atoms with Crippen molar-refractivity contribution in [3.63, 3.8) is 0 Å². The van der Waals surface area contributed by atoms with Gasteiger partial charge in [-0.3, -0.25) is 0 Å². The van der Waals surface area contributed by atoms with Gasteiger partial charge in [0.1, 0.15) is 8.07 Å². The van der Waals surface area contributed by atoms with Crippen molar-refractivity contribution in [2.75, 3.05) is 0 Å². The van der Waals surface area contributed by atoms with Crippen LogP contribution in [-0.4, -0.2) is 8.07 Å². The fraction of sp³-hybridized carbons (Fsp3) is 0.222. The molecule has 0 radical (unpaired) electrons. The second-order valence-electron chi connectivity index (χ2n) is 5.13. The van der Waals surface area contributed by atoms with E-state index < -0.39 is 8.07 Å². The molecule has 19 heavy (non-hydrogen) atoms. The summed E-state index contributed by atoms with van der Waals surface area (Å²) < 4.78 is 0. The van der Waals surface area contributed by atoms with Crippen molar-refractivity contribution in [2.45, 2.75) is 26.3 Å². The molecule has 2 aromatic carbocycles. The summed E-state index contributed by atoms with van der Waals surface area (Å²) in [5.41, 5.74) is 2.49. The van der Waals surface area contributed by atoms with E-state index in [0.29, 0.717) is 0 Å². The third kappa shape index (κ3) is 3.24. The number of hydrogen-bond donors (Lipinski definition) is 0. The minimum atomic E-state index is -1.72. The van der Waals surface area contributed by atoms with Crippen LogP contribution >= 0.6 is 0 Å². The van der Waals surface area contributed by atoms with Gasteiger partial charge in [0.05, 0.1) is 0 Å². The van der Waals surface area contributed by atoms with Crippen molar-refractivity contribution >= 4 is 18.4 Å². The van der Waals surface area contributed by atoms with Gasteiger partial charge in [-0.2, -0.15) is 0 Å². The van der Waals surface area contributed by atoms with Gasteiger partial charge < -0.3 is 0 Å². The number of unbranched alkanes of at least 4 members (excludes halogenated alkanes) is 1. The minimum absolute atomic E-state index is 1.17. The van der Waals surface area contributed by atoms with Crippen LogP contribution in [0, 0.1) is 0 Å². The third-order valence-corrected chi connectivity index (χ3v) is 7.62. The molecule has 0 nitrogen and oxygen atoms in total. The summed E-state index contributed by atoms with van der Waals surface area (Å²) in [6, 6.07) is 21.9. The van der Waals surface area contributed by atoms with Gasteiger partial charge in [0.15, 0.2) is 0 Å². The van der Waals surface area contributed by atoms with Gasteiger partial charge in [0, 0.05) is 0 Å². The Kier molecular flexibility index (Phi) is 4.75. The summed E-state index contributed by atoms with van der Waals surface area (Å²) in [6.07, 6.45) is 4.75. The first-order valence-electron chi connectivity index (χ1n) is 7.06. The molecule has 0 aliphatic heterocycles. The highest BCUT2D eigenvalue weighted by molar-refractivity contribution is 7.05. The number of allylic oxidation sites excluding steroid dienone is 1. The van der Waals surface area contributed by atoms with E-state index >= 15 is 0 Å². The fourth-order valence-corrected chi connectivity index (χ4v) is 5.54. The van der Waals surface area contributed by atoms with E-state index in [-0.39, 0.29) is 0 Å². The van der Waals surface area contributed by atoms with E-state index in [1.807, 2.05) is 0 Å². The number of hydrogen-bond acceptors (Lipinski definition) is 0. The summed E-state index contributed by atoms with van der Waals surface area (Å²) in [6.45, 7) is 4.66. The summed E-state index contributed by atoms with van der Waals surface area (Å²) in [5.74, 6) is 0. The first-order chi connectivity index (χ1) is 9.27. The van der Waals surface area contributed by atoms with Gasteiger partial charge in [0.25, 0.3) is 0 Å². The maximum atomic E-state index is 2.49. The molecule has 0 aliphatic rings. The zero-order valence-corrected chi connectivity index (χ0v) is 12.8. The quantitative estimate of drug-likeness (QED) is 0.723. The summed E-state index contributed by atoms with van der Waals surface area (Å²) >= 11 is 0. The van der Waals surface area contributed by atoms with E-state index in [4.69, 9.17) is 0 Å². The standard InChI is InChI=1S/C18H22Si/c1-3-4-11-16-19(2,17-12-7-5-8-13-17)18-14-9-6-10-15-18/h5-16H,3-4H2,1-2H3/b16-11-. The molecule has 0 fully saturated rings. The highest BCUT2D eigenvalue weighted by Crippen LogP contribution is 2.08. The van der Waals surface area contributed by atoms with Gasteiger partial charge in [-0.05, 0) is 6.42 Å². The lowest BCUT2D eigenvalue weighted by Gasteiger charge is -2.25. The fourth-order valence-electron chi connectivity index (χ4n) is 2.41. The molecule has 0 aliphatic carbocycles. The molecule has 2 rings (SSSR count). The van der Waals surface area contributed by atoms with E-state index in [9.17, 15) is 0 Å². The van der Waals surface area contributed by atoms with Gasteiger partial charge >= 0.3 is 0 Å². The van der Waals surface area contributed by atoms with Gasteiger partial charge in [-0.15, -0.1) is 0 Å². The Morgan fingerprint density at radius 1 is 0.842 bits per heavy atom. The van der Waals surface area contributed by atoms with Crippen molar-refractivity contribution in [3.05, 3.63) is 72.4 Å². The summed E-state index contributed by atoms with van der Waals surface area (Å²) in [5, 5.41) is 2.96. The maximum Gasteiger partial charge on any atom is 0.137 e. The zero-order chi connectivity index (χ0) is 13.6. The van der Waals surface area contributed by atoms with Crippen LogP contribution in [0.4, 0.5) is 0 Å². The second kappa shape index (κ2) is 6.53. The van der Waals surface area contributed by atoms with Crippen molar-refractivity contribution in [1.82, 2.24) is 0 Å². The Balaban J connectivity index is 2.45. The lowest BCUT2D eigenvalue weighted by molar-refractivity contribution is 0.960. The highest BCUT2D eigenvalue weighted by atomic mass is 28.3. The average molecular weight is 266 g/mol. The Hall–Kier alpha value is -1.60. The molecule has 0 saturated heterocycles. The molecule has 0 atom stereocenters. The molecule has 0 spiro atoms. The third-order valence-electron chi connectivity index (χ3n) is 3.65. The van der Waals surface area contributed by atoms with Crippen LogP contribution in [0.1, 0.15) is 19.8 Å². The SMILES string of the molecule is CCC/C=C\[Si](C)(c1ccccc1)c1ccccc1. The van der Waals surface area contributed by atoms with Crippen LogP contribution in [-0.2, 0) is 0 Å². The van der Waals surface area contributed by atoms with Crippen LogP contribution < -0.4 is 10.4 Å². The van der Waals surface area contributed by atoms with Crippen molar-refractivity contribution in [3.8, 4) is 0 Å². The zero-order valence-electron chi connectivity index (χ0n) is 11.8. The predicted octanol–water partition coefficient (Wildman–Crippen LogP) is 3.77. The topological polar surface area (TPSA) is 0 Å². The Morgan fingerprint density at radius 2 is 1.32 bits per heavy atom. The summed E-state index contributed by atoms with van der Waals surface area (Å²) in [7, 11) is -1.72. The Morgan fingerprint density at radius 3 is 1.74 bits per heavy atom. The number of rotatable bonds is 5. The predicted molar refractivity (Wildman–Crippen MR) is 87.8 cm³/mol. The van der Waals surface area contributed by atoms with Crippen molar-refractivity contribution in [2.24, 2.45) is 0 Å². The minimum Gasteiger partial charge on any atom is -0.0917 e. The molecular weight excluding hydrogens is 244 g/mol. The van der Waals surface area contributed by atoms with E-state index in [2.05, 4.69) is 85.9 Å². The molecular formula is C18H22Si. The van der Waals surface area contributed by atoms with Crippen LogP contribution in [0.2, 0.25) is 6.55 Å². The van der Waals surface area contributed by atoms with Crippen LogP contribution in [0.5, 0.6) is 0 Å². The molecule has 0 N–H and O–H groups in total. The lowest BCUT2D eigenvalue weighted by Crippen LogP contribution is -2.54. The molecule has 98 valence electrons. The van der Waals surface area contributed by atoms with Crippen LogP contribution in [0.3, 0.4) is 0 Å². The van der Waals surface area contributed by atoms with Gasteiger partial charge in [-0.1, -0.05) is 103 Å². The van der Waals surface area contributed by atoms with Crippen molar-refractivity contribution < 1.29 is 0 Å². The largest absolute Gasteiger partial charge is 0.137 e. The van der Waals surface area contributed by atoms with E-state index in [1.54, 1.807) is 0 Å². The monoisotopic (exact) mass is 266 g/mol. The molecule has 0 heterocycles. The van der Waals surface area contributed by atoms with Gasteiger partial charge in [0.2, 0.25) is 0 Å². The average Bonchev–Trinajstić information content (AvgIpc) is 2.49. The molecule has 2 aromatic rings. The van der Waals surface area contributed by atoms with E-state index in [0.717, 1.165) is 0 Å². The molecule has 0 saturated carbocycles. The lowest BCUT2D eigenvalue weighted by atomic mass is 10.3. The van der Waals surface area contributed by atoms with E-state index in [1.165, 1.54) is 23.2 Å². The van der Waals surface area contributed by atoms with Crippen LogP contribution in [0.25, 0.3) is 0 Å². The molecule has 0 aromatic heterocycles. The first-order valence-corrected chi connectivity index (χ1v) is 9.64.